The van der Waals surface area contributed by atoms with Gasteiger partial charge in [0.2, 0.25) is 5.95 Å². The second-order valence-electron chi connectivity index (χ2n) is 3.43. The number of hydrogen-bond donors (Lipinski definition) is 1. The standard InChI is InChI=1S/C11H7F4N3/c12-9-5-10(17-6-16-9)18-8-3-1-2-7(4-8)11(13,14)15/h1-6H,(H,16,17,18). The second kappa shape index (κ2) is 4.59. The fourth-order valence-electron chi connectivity index (χ4n) is 1.32. The fourth-order valence-corrected chi connectivity index (χ4v) is 1.32. The van der Waals surface area contributed by atoms with Gasteiger partial charge in [-0.25, -0.2) is 9.97 Å². The van der Waals surface area contributed by atoms with E-state index in [9.17, 15) is 17.6 Å². The van der Waals surface area contributed by atoms with E-state index in [1.165, 1.54) is 12.1 Å². The fraction of sp³-hybridized carbons (Fsp3) is 0.0909. The third kappa shape index (κ3) is 2.93. The van der Waals surface area contributed by atoms with Gasteiger partial charge in [0.1, 0.15) is 12.1 Å². The van der Waals surface area contributed by atoms with Crippen LogP contribution in [0.3, 0.4) is 0 Å². The molecule has 94 valence electrons. The Morgan fingerprint density at radius 2 is 1.83 bits per heavy atom. The summed E-state index contributed by atoms with van der Waals surface area (Å²) in [4.78, 5) is 6.92. The summed E-state index contributed by atoms with van der Waals surface area (Å²) in [5.41, 5.74) is -0.620. The number of halogens is 4. The summed E-state index contributed by atoms with van der Waals surface area (Å²) in [6.07, 6.45) is -3.44. The summed E-state index contributed by atoms with van der Waals surface area (Å²) >= 11 is 0. The van der Waals surface area contributed by atoms with Crippen molar-refractivity contribution >= 4 is 11.5 Å². The van der Waals surface area contributed by atoms with Crippen molar-refractivity contribution in [2.75, 3.05) is 5.32 Å². The Labute approximate surface area is 99.5 Å². The summed E-state index contributed by atoms with van der Waals surface area (Å²) in [6, 6.07) is 5.53. The summed E-state index contributed by atoms with van der Waals surface area (Å²) in [5.74, 6) is -0.679. The van der Waals surface area contributed by atoms with E-state index in [1.807, 2.05) is 0 Å². The van der Waals surface area contributed by atoms with Crippen molar-refractivity contribution in [3.63, 3.8) is 0 Å². The molecule has 0 bridgehead atoms. The van der Waals surface area contributed by atoms with Crippen molar-refractivity contribution in [2.45, 2.75) is 6.18 Å². The molecule has 2 aromatic rings. The Morgan fingerprint density at radius 3 is 2.50 bits per heavy atom. The number of hydrogen-bond acceptors (Lipinski definition) is 3. The predicted molar refractivity (Wildman–Crippen MR) is 56.7 cm³/mol. The summed E-state index contributed by atoms with van der Waals surface area (Å²) in [7, 11) is 0. The third-order valence-corrected chi connectivity index (χ3v) is 2.10. The minimum absolute atomic E-state index is 0.0850. The molecule has 0 saturated carbocycles. The average Bonchev–Trinajstić information content (AvgIpc) is 2.28. The van der Waals surface area contributed by atoms with Crippen LogP contribution in [0.15, 0.2) is 36.7 Å². The monoisotopic (exact) mass is 257 g/mol. The Balaban J connectivity index is 2.25. The van der Waals surface area contributed by atoms with Gasteiger partial charge >= 0.3 is 6.18 Å². The highest BCUT2D eigenvalue weighted by Gasteiger charge is 2.30. The second-order valence-corrected chi connectivity index (χ2v) is 3.43. The highest BCUT2D eigenvalue weighted by atomic mass is 19.4. The van der Waals surface area contributed by atoms with Crippen molar-refractivity contribution in [1.82, 2.24) is 9.97 Å². The third-order valence-electron chi connectivity index (χ3n) is 2.10. The zero-order valence-corrected chi connectivity index (χ0v) is 8.87. The molecule has 7 heteroatoms. The minimum atomic E-state index is -4.42. The van der Waals surface area contributed by atoms with E-state index < -0.39 is 17.7 Å². The molecule has 0 aliphatic heterocycles. The van der Waals surface area contributed by atoms with E-state index in [2.05, 4.69) is 15.3 Å². The lowest BCUT2D eigenvalue weighted by molar-refractivity contribution is -0.137. The molecule has 0 saturated heterocycles. The van der Waals surface area contributed by atoms with Crippen LogP contribution in [0.4, 0.5) is 29.1 Å². The quantitative estimate of drug-likeness (QED) is 0.662. The van der Waals surface area contributed by atoms with Gasteiger partial charge in [-0.1, -0.05) is 6.07 Å². The van der Waals surface area contributed by atoms with Crippen molar-refractivity contribution in [3.8, 4) is 0 Å². The van der Waals surface area contributed by atoms with Crippen LogP contribution in [0.2, 0.25) is 0 Å². The van der Waals surface area contributed by atoms with Gasteiger partial charge in [-0.3, -0.25) is 0 Å². The molecule has 0 unspecified atom stereocenters. The number of aromatic nitrogens is 2. The van der Waals surface area contributed by atoms with Gasteiger partial charge in [0.15, 0.2) is 0 Å². The van der Waals surface area contributed by atoms with Crippen LogP contribution in [0.5, 0.6) is 0 Å². The van der Waals surface area contributed by atoms with Crippen molar-refractivity contribution in [3.05, 3.63) is 48.2 Å². The van der Waals surface area contributed by atoms with Crippen LogP contribution in [0.1, 0.15) is 5.56 Å². The number of anilines is 2. The maximum atomic E-state index is 12.8. The van der Waals surface area contributed by atoms with E-state index in [1.54, 1.807) is 0 Å². The van der Waals surface area contributed by atoms with Crippen LogP contribution in [-0.2, 0) is 6.18 Å². The first-order valence-electron chi connectivity index (χ1n) is 4.87. The zero-order chi connectivity index (χ0) is 13.2. The van der Waals surface area contributed by atoms with Gasteiger partial charge in [-0.2, -0.15) is 17.6 Å². The molecule has 0 amide bonds. The van der Waals surface area contributed by atoms with Gasteiger partial charge in [-0.05, 0) is 18.2 Å². The molecule has 1 aromatic carbocycles. The molecular weight excluding hydrogens is 250 g/mol. The normalized spacial score (nSPS) is 11.3. The molecular formula is C11H7F4N3. The Kier molecular flexibility index (Phi) is 3.14. The van der Waals surface area contributed by atoms with E-state index in [4.69, 9.17) is 0 Å². The summed E-state index contributed by atoms with van der Waals surface area (Å²) in [5, 5.41) is 2.57. The average molecular weight is 257 g/mol. The van der Waals surface area contributed by atoms with Gasteiger partial charge in [-0.15, -0.1) is 0 Å². The highest BCUT2D eigenvalue weighted by Crippen LogP contribution is 2.31. The minimum Gasteiger partial charge on any atom is -0.340 e. The van der Waals surface area contributed by atoms with Gasteiger partial charge in [0.05, 0.1) is 5.56 Å². The van der Waals surface area contributed by atoms with Crippen molar-refractivity contribution in [2.24, 2.45) is 0 Å². The van der Waals surface area contributed by atoms with Crippen LogP contribution in [0.25, 0.3) is 0 Å². The molecule has 0 radical (unpaired) electrons. The first-order valence-corrected chi connectivity index (χ1v) is 4.87. The number of benzene rings is 1. The van der Waals surface area contributed by atoms with E-state index in [0.29, 0.717) is 0 Å². The molecule has 1 aromatic heterocycles. The molecule has 3 nitrogen and oxygen atoms in total. The number of nitrogens with zero attached hydrogens (tertiary/aromatic N) is 2. The molecule has 1 N–H and O–H groups in total. The Hall–Kier alpha value is -2.18. The van der Waals surface area contributed by atoms with Gasteiger partial charge in [0.25, 0.3) is 0 Å². The van der Waals surface area contributed by atoms with Gasteiger partial charge in [0, 0.05) is 11.8 Å². The van der Waals surface area contributed by atoms with Gasteiger partial charge < -0.3 is 5.32 Å². The molecule has 0 aliphatic carbocycles. The lowest BCUT2D eigenvalue weighted by Crippen LogP contribution is -2.05. The van der Waals surface area contributed by atoms with Crippen LogP contribution < -0.4 is 5.32 Å². The molecule has 2 rings (SSSR count). The molecule has 0 atom stereocenters. The lowest BCUT2D eigenvalue weighted by atomic mass is 10.2. The maximum absolute atomic E-state index is 12.8. The number of rotatable bonds is 2. The molecule has 0 spiro atoms. The zero-order valence-electron chi connectivity index (χ0n) is 8.87. The molecule has 0 aliphatic rings. The van der Waals surface area contributed by atoms with Crippen LogP contribution in [0, 0.1) is 5.95 Å². The first-order chi connectivity index (χ1) is 8.45. The predicted octanol–water partition coefficient (Wildman–Crippen LogP) is 3.38. The Bertz CT molecular complexity index is 554. The van der Waals surface area contributed by atoms with Crippen LogP contribution >= 0.6 is 0 Å². The number of alkyl halides is 3. The van der Waals surface area contributed by atoms with Crippen molar-refractivity contribution < 1.29 is 17.6 Å². The van der Waals surface area contributed by atoms with E-state index in [0.717, 1.165) is 24.5 Å². The van der Waals surface area contributed by atoms with Crippen LogP contribution in [-0.4, -0.2) is 9.97 Å². The Morgan fingerprint density at radius 1 is 1.06 bits per heavy atom. The largest absolute Gasteiger partial charge is 0.416 e. The molecule has 18 heavy (non-hydrogen) atoms. The summed E-state index contributed by atoms with van der Waals surface area (Å²) in [6.45, 7) is 0. The molecule has 1 heterocycles. The topological polar surface area (TPSA) is 37.8 Å². The lowest BCUT2D eigenvalue weighted by Gasteiger charge is -2.09. The summed E-state index contributed by atoms with van der Waals surface area (Å²) < 4.78 is 50.1. The number of nitrogens with one attached hydrogen (secondary N) is 1. The maximum Gasteiger partial charge on any atom is 0.416 e. The first kappa shape index (κ1) is 12.3. The SMILES string of the molecule is Fc1cc(Nc2cccc(C(F)(F)F)c2)ncn1. The molecule has 0 fully saturated rings. The highest BCUT2D eigenvalue weighted by molar-refractivity contribution is 5.56. The van der Waals surface area contributed by atoms with Crippen molar-refractivity contribution in [1.29, 1.82) is 0 Å². The van der Waals surface area contributed by atoms with E-state index in [-0.39, 0.29) is 11.5 Å². The smallest absolute Gasteiger partial charge is 0.340 e. The van der Waals surface area contributed by atoms with E-state index >= 15 is 0 Å².